The molecule has 3 atom stereocenters. The number of allylic oxidation sites excluding steroid dienone is 2. The quantitative estimate of drug-likeness (QED) is 0.618. The number of hydrogen-bond donors (Lipinski definition) is 1. The van der Waals surface area contributed by atoms with Gasteiger partial charge in [-0.05, 0) is 30.6 Å². The fraction of sp³-hybridized carbons (Fsp3) is 0.800. The van der Waals surface area contributed by atoms with Crippen molar-refractivity contribution in [3.63, 3.8) is 0 Å². The molecule has 0 amide bonds. The summed E-state index contributed by atoms with van der Waals surface area (Å²) >= 11 is 0. The van der Waals surface area contributed by atoms with Gasteiger partial charge in [0, 0.05) is 6.61 Å². The highest BCUT2D eigenvalue weighted by Gasteiger charge is 2.56. The molecule has 0 saturated heterocycles. The van der Waals surface area contributed by atoms with Crippen LogP contribution in [0.25, 0.3) is 0 Å². The molecule has 0 heterocycles. The third-order valence-electron chi connectivity index (χ3n) is 3.37. The molecule has 0 bridgehead atoms. The van der Waals surface area contributed by atoms with Crippen molar-refractivity contribution in [2.24, 2.45) is 17.3 Å². The lowest BCUT2D eigenvalue weighted by molar-refractivity contribution is 0.252. The summed E-state index contributed by atoms with van der Waals surface area (Å²) < 4.78 is 0. The van der Waals surface area contributed by atoms with Gasteiger partial charge in [-0.3, -0.25) is 0 Å². The molecule has 0 aliphatic heterocycles. The molecule has 0 aromatic heterocycles. The van der Waals surface area contributed by atoms with E-state index < -0.39 is 0 Å². The molecule has 0 aromatic rings. The van der Waals surface area contributed by atoms with Crippen molar-refractivity contribution in [3.8, 4) is 0 Å². The van der Waals surface area contributed by atoms with Crippen LogP contribution in [0.1, 0.15) is 27.2 Å². The molecule has 0 radical (unpaired) electrons. The standard InChI is InChI=1S/C10H18O/c1-4-5-6-10(3)8(2)9(10)7-11/h4-5,8-9,11H,6-7H2,1-3H3/t8-,9-,10+/m1/s1. The Morgan fingerprint density at radius 2 is 2.18 bits per heavy atom. The van der Waals surface area contributed by atoms with E-state index in [1.807, 2.05) is 6.92 Å². The monoisotopic (exact) mass is 154 g/mol. The minimum absolute atomic E-state index is 0.356. The van der Waals surface area contributed by atoms with E-state index in [2.05, 4.69) is 26.0 Å². The Kier molecular flexibility index (Phi) is 2.38. The topological polar surface area (TPSA) is 20.2 Å². The Hall–Kier alpha value is -0.300. The molecular formula is C10H18O. The Balaban J connectivity index is 2.45. The van der Waals surface area contributed by atoms with E-state index in [1.165, 1.54) is 0 Å². The maximum atomic E-state index is 8.99. The molecule has 1 heteroatoms. The average molecular weight is 154 g/mol. The van der Waals surface area contributed by atoms with E-state index in [-0.39, 0.29) is 0 Å². The first-order chi connectivity index (χ1) is 5.16. The fourth-order valence-electron chi connectivity index (χ4n) is 1.99. The summed E-state index contributed by atoms with van der Waals surface area (Å²) in [4.78, 5) is 0. The van der Waals surface area contributed by atoms with Gasteiger partial charge in [0.2, 0.25) is 0 Å². The molecule has 1 rings (SSSR count). The van der Waals surface area contributed by atoms with Crippen molar-refractivity contribution >= 4 is 0 Å². The smallest absolute Gasteiger partial charge is 0.0467 e. The van der Waals surface area contributed by atoms with Crippen LogP contribution >= 0.6 is 0 Å². The van der Waals surface area contributed by atoms with E-state index >= 15 is 0 Å². The summed E-state index contributed by atoms with van der Waals surface area (Å²) in [6.45, 7) is 6.89. The van der Waals surface area contributed by atoms with Gasteiger partial charge in [0.15, 0.2) is 0 Å². The molecule has 1 N–H and O–H groups in total. The van der Waals surface area contributed by atoms with Gasteiger partial charge in [-0.25, -0.2) is 0 Å². The van der Waals surface area contributed by atoms with Crippen LogP contribution in [0.4, 0.5) is 0 Å². The fourth-order valence-corrected chi connectivity index (χ4v) is 1.99. The minimum Gasteiger partial charge on any atom is -0.396 e. The van der Waals surface area contributed by atoms with Gasteiger partial charge in [-0.2, -0.15) is 0 Å². The predicted octanol–water partition coefficient (Wildman–Crippen LogP) is 2.22. The zero-order valence-electron chi connectivity index (χ0n) is 7.67. The Morgan fingerprint density at radius 1 is 1.55 bits per heavy atom. The third kappa shape index (κ3) is 1.34. The third-order valence-corrected chi connectivity index (χ3v) is 3.37. The molecule has 1 fully saturated rings. The lowest BCUT2D eigenvalue weighted by Gasteiger charge is -2.05. The van der Waals surface area contributed by atoms with Crippen molar-refractivity contribution in [2.45, 2.75) is 27.2 Å². The Morgan fingerprint density at radius 3 is 2.55 bits per heavy atom. The molecule has 0 unspecified atom stereocenters. The van der Waals surface area contributed by atoms with Crippen molar-refractivity contribution in [1.29, 1.82) is 0 Å². The molecule has 1 saturated carbocycles. The second-order valence-electron chi connectivity index (χ2n) is 3.86. The second kappa shape index (κ2) is 2.98. The molecular weight excluding hydrogens is 136 g/mol. The molecule has 0 aromatic carbocycles. The molecule has 11 heavy (non-hydrogen) atoms. The summed E-state index contributed by atoms with van der Waals surface area (Å²) in [5.74, 6) is 1.24. The van der Waals surface area contributed by atoms with Gasteiger partial charge < -0.3 is 5.11 Å². The lowest BCUT2D eigenvalue weighted by atomic mass is 10.0. The van der Waals surface area contributed by atoms with Crippen molar-refractivity contribution in [3.05, 3.63) is 12.2 Å². The highest BCUT2D eigenvalue weighted by Crippen LogP contribution is 2.60. The zero-order chi connectivity index (χ0) is 8.48. The van der Waals surface area contributed by atoms with Gasteiger partial charge >= 0.3 is 0 Å². The van der Waals surface area contributed by atoms with E-state index in [0.29, 0.717) is 23.9 Å². The first-order valence-corrected chi connectivity index (χ1v) is 4.38. The van der Waals surface area contributed by atoms with Gasteiger partial charge in [0.25, 0.3) is 0 Å². The van der Waals surface area contributed by atoms with Crippen LogP contribution in [0.15, 0.2) is 12.2 Å². The summed E-state index contributed by atoms with van der Waals surface area (Å²) in [6, 6.07) is 0. The van der Waals surface area contributed by atoms with Crippen LogP contribution in [0, 0.1) is 17.3 Å². The first kappa shape index (κ1) is 8.79. The molecule has 64 valence electrons. The van der Waals surface area contributed by atoms with Crippen LogP contribution in [-0.2, 0) is 0 Å². The highest BCUT2D eigenvalue weighted by atomic mass is 16.3. The van der Waals surface area contributed by atoms with Crippen LogP contribution in [0.2, 0.25) is 0 Å². The van der Waals surface area contributed by atoms with E-state index in [1.54, 1.807) is 0 Å². The summed E-state index contributed by atoms with van der Waals surface area (Å²) in [5.41, 5.74) is 0.390. The lowest BCUT2D eigenvalue weighted by Crippen LogP contribution is -1.99. The number of aliphatic hydroxyl groups excluding tert-OH is 1. The van der Waals surface area contributed by atoms with E-state index in [4.69, 9.17) is 5.11 Å². The van der Waals surface area contributed by atoms with Crippen molar-refractivity contribution in [2.75, 3.05) is 6.61 Å². The summed E-state index contributed by atoms with van der Waals surface area (Å²) in [6.07, 6.45) is 5.41. The van der Waals surface area contributed by atoms with E-state index in [0.717, 1.165) is 6.42 Å². The second-order valence-corrected chi connectivity index (χ2v) is 3.86. The largest absolute Gasteiger partial charge is 0.396 e. The minimum atomic E-state index is 0.356. The van der Waals surface area contributed by atoms with E-state index in [9.17, 15) is 0 Å². The van der Waals surface area contributed by atoms with Crippen LogP contribution in [-0.4, -0.2) is 11.7 Å². The zero-order valence-corrected chi connectivity index (χ0v) is 7.67. The number of hydrogen-bond acceptors (Lipinski definition) is 1. The predicted molar refractivity (Wildman–Crippen MR) is 47.3 cm³/mol. The summed E-state index contributed by atoms with van der Waals surface area (Å²) in [7, 11) is 0. The highest BCUT2D eigenvalue weighted by molar-refractivity contribution is 5.08. The number of rotatable bonds is 3. The molecule has 1 nitrogen and oxygen atoms in total. The van der Waals surface area contributed by atoms with Gasteiger partial charge in [0.1, 0.15) is 0 Å². The van der Waals surface area contributed by atoms with Gasteiger partial charge in [-0.15, -0.1) is 0 Å². The maximum Gasteiger partial charge on any atom is 0.0467 e. The molecule has 0 spiro atoms. The van der Waals surface area contributed by atoms with Crippen LogP contribution in [0.5, 0.6) is 0 Å². The molecule has 1 aliphatic carbocycles. The Bertz CT molecular complexity index is 162. The van der Waals surface area contributed by atoms with Gasteiger partial charge in [-0.1, -0.05) is 26.0 Å². The SMILES string of the molecule is CC=CC[C@@]1(C)[C@H](C)[C@H]1CO. The average Bonchev–Trinajstić information content (AvgIpc) is 2.51. The maximum absolute atomic E-state index is 8.99. The van der Waals surface area contributed by atoms with Crippen LogP contribution < -0.4 is 0 Å². The first-order valence-electron chi connectivity index (χ1n) is 4.38. The normalized spacial score (nSPS) is 43.3. The Labute approximate surface area is 69.1 Å². The molecule has 1 aliphatic rings. The number of aliphatic hydroxyl groups is 1. The van der Waals surface area contributed by atoms with Crippen LogP contribution in [0.3, 0.4) is 0 Å². The van der Waals surface area contributed by atoms with Crippen molar-refractivity contribution < 1.29 is 5.11 Å². The van der Waals surface area contributed by atoms with Crippen molar-refractivity contribution in [1.82, 2.24) is 0 Å². The van der Waals surface area contributed by atoms with Gasteiger partial charge in [0.05, 0.1) is 0 Å². The summed E-state index contributed by atoms with van der Waals surface area (Å²) in [5, 5.41) is 8.99.